The molecular formula is C12H19N3O3. The molecule has 0 aromatic carbocycles. The second-order valence-corrected chi connectivity index (χ2v) is 4.79. The lowest BCUT2D eigenvalue weighted by molar-refractivity contribution is 0.0663. The Labute approximate surface area is 106 Å². The third kappa shape index (κ3) is 2.88. The number of nitrogens with one attached hydrogen (secondary N) is 1. The molecule has 100 valence electrons. The van der Waals surface area contributed by atoms with Crippen molar-refractivity contribution >= 4 is 5.91 Å². The Bertz CT molecular complexity index is 408. The molecule has 6 heteroatoms. The van der Waals surface area contributed by atoms with Gasteiger partial charge in [0.15, 0.2) is 11.5 Å². The zero-order valence-electron chi connectivity index (χ0n) is 11.0. The van der Waals surface area contributed by atoms with Gasteiger partial charge in [-0.15, -0.1) is 0 Å². The molecule has 18 heavy (non-hydrogen) atoms. The summed E-state index contributed by atoms with van der Waals surface area (Å²) in [6, 6.07) is 2.23. The van der Waals surface area contributed by atoms with Crippen molar-refractivity contribution in [3.05, 3.63) is 17.5 Å². The van der Waals surface area contributed by atoms with Gasteiger partial charge in [0.1, 0.15) is 6.61 Å². The number of aromatic nitrogens is 1. The summed E-state index contributed by atoms with van der Waals surface area (Å²) in [7, 11) is 1.57. The van der Waals surface area contributed by atoms with E-state index in [1.165, 1.54) is 0 Å². The first-order valence-corrected chi connectivity index (χ1v) is 6.10. The lowest BCUT2D eigenvalue weighted by Gasteiger charge is -2.35. The molecule has 1 saturated heterocycles. The summed E-state index contributed by atoms with van der Waals surface area (Å²) < 4.78 is 9.96. The molecule has 6 nitrogen and oxygen atoms in total. The molecule has 0 bridgehead atoms. The largest absolute Gasteiger partial charge is 0.377 e. The Morgan fingerprint density at radius 2 is 2.22 bits per heavy atom. The summed E-state index contributed by atoms with van der Waals surface area (Å²) >= 11 is 0. The molecule has 0 radical (unpaired) electrons. The fourth-order valence-electron chi connectivity index (χ4n) is 2.28. The van der Waals surface area contributed by atoms with Crippen LogP contribution >= 0.6 is 0 Å². The monoisotopic (exact) mass is 253 g/mol. The van der Waals surface area contributed by atoms with E-state index in [0.29, 0.717) is 43.2 Å². The van der Waals surface area contributed by atoms with Gasteiger partial charge >= 0.3 is 0 Å². The van der Waals surface area contributed by atoms with Crippen molar-refractivity contribution in [3.63, 3.8) is 0 Å². The summed E-state index contributed by atoms with van der Waals surface area (Å²) in [6.45, 7) is 5.84. The third-order valence-corrected chi connectivity index (χ3v) is 2.91. The van der Waals surface area contributed by atoms with Crippen LogP contribution in [-0.4, -0.2) is 48.2 Å². The lowest BCUT2D eigenvalue weighted by atomic mass is 10.1. The van der Waals surface area contributed by atoms with Gasteiger partial charge in [-0.25, -0.2) is 0 Å². The van der Waals surface area contributed by atoms with Crippen molar-refractivity contribution in [2.24, 2.45) is 0 Å². The first kappa shape index (κ1) is 13.0. The molecule has 2 heterocycles. The molecule has 0 spiro atoms. The number of ether oxygens (including phenoxy) is 1. The minimum atomic E-state index is -0.0821. The van der Waals surface area contributed by atoms with Crippen molar-refractivity contribution in [2.45, 2.75) is 32.5 Å². The third-order valence-electron chi connectivity index (χ3n) is 2.91. The smallest absolute Gasteiger partial charge is 0.276 e. The summed E-state index contributed by atoms with van der Waals surface area (Å²) in [5.74, 6) is 0.485. The summed E-state index contributed by atoms with van der Waals surface area (Å²) in [4.78, 5) is 14.0. The van der Waals surface area contributed by atoms with E-state index in [-0.39, 0.29) is 5.91 Å². The van der Waals surface area contributed by atoms with Gasteiger partial charge in [0.25, 0.3) is 5.91 Å². The van der Waals surface area contributed by atoms with Crippen LogP contribution in [0, 0.1) is 0 Å². The second kappa shape index (κ2) is 5.49. The van der Waals surface area contributed by atoms with Gasteiger partial charge in [-0.2, -0.15) is 0 Å². The number of methoxy groups -OCH3 is 1. The molecule has 1 fully saturated rings. The van der Waals surface area contributed by atoms with E-state index in [1.54, 1.807) is 18.1 Å². The van der Waals surface area contributed by atoms with Gasteiger partial charge in [0, 0.05) is 38.3 Å². The highest BCUT2D eigenvalue weighted by Crippen LogP contribution is 2.11. The molecule has 1 aromatic rings. The Kier molecular flexibility index (Phi) is 3.98. The normalized spacial score (nSPS) is 24.3. The predicted molar refractivity (Wildman–Crippen MR) is 65.2 cm³/mol. The molecule has 2 unspecified atom stereocenters. The highest BCUT2D eigenvalue weighted by Gasteiger charge is 2.27. The minimum absolute atomic E-state index is 0.0821. The number of piperazine rings is 1. The predicted octanol–water partition coefficient (Wildman–Crippen LogP) is 0.643. The summed E-state index contributed by atoms with van der Waals surface area (Å²) in [5, 5.41) is 7.18. The SMILES string of the molecule is COCc1cc(C(=O)N2CC(C)NC(C)C2)no1. The highest BCUT2D eigenvalue weighted by molar-refractivity contribution is 5.92. The summed E-state index contributed by atoms with van der Waals surface area (Å²) in [5.41, 5.74) is 0.350. The van der Waals surface area contributed by atoms with Crippen LogP contribution in [-0.2, 0) is 11.3 Å². The van der Waals surface area contributed by atoms with Crippen LogP contribution in [0.2, 0.25) is 0 Å². The molecule has 0 saturated carbocycles. The average molecular weight is 253 g/mol. The van der Waals surface area contributed by atoms with Crippen LogP contribution in [0.4, 0.5) is 0 Å². The van der Waals surface area contributed by atoms with E-state index < -0.39 is 0 Å². The molecule has 2 atom stereocenters. The molecule has 0 aliphatic carbocycles. The van der Waals surface area contributed by atoms with Crippen molar-refractivity contribution < 1.29 is 14.1 Å². The zero-order valence-corrected chi connectivity index (χ0v) is 11.0. The summed E-state index contributed by atoms with van der Waals surface area (Å²) in [6.07, 6.45) is 0. The number of nitrogens with zero attached hydrogens (tertiary/aromatic N) is 2. The topological polar surface area (TPSA) is 67.6 Å². The minimum Gasteiger partial charge on any atom is -0.377 e. The lowest BCUT2D eigenvalue weighted by Crippen LogP contribution is -2.55. The number of carbonyl (C=O) groups excluding carboxylic acids is 1. The van der Waals surface area contributed by atoms with E-state index in [9.17, 15) is 4.79 Å². The van der Waals surface area contributed by atoms with Crippen molar-refractivity contribution in [2.75, 3.05) is 20.2 Å². The highest BCUT2D eigenvalue weighted by atomic mass is 16.5. The van der Waals surface area contributed by atoms with Crippen molar-refractivity contribution in [3.8, 4) is 0 Å². The molecular weight excluding hydrogens is 234 g/mol. The molecule has 1 aliphatic heterocycles. The second-order valence-electron chi connectivity index (χ2n) is 4.79. The maximum Gasteiger partial charge on any atom is 0.276 e. The van der Waals surface area contributed by atoms with Crippen LogP contribution in [0.5, 0.6) is 0 Å². The quantitative estimate of drug-likeness (QED) is 0.856. The van der Waals surface area contributed by atoms with Gasteiger partial charge in [-0.3, -0.25) is 4.79 Å². The molecule has 1 N–H and O–H groups in total. The first-order chi connectivity index (χ1) is 8.60. The Morgan fingerprint density at radius 1 is 1.56 bits per heavy atom. The van der Waals surface area contributed by atoms with Crippen LogP contribution in [0.3, 0.4) is 0 Å². The van der Waals surface area contributed by atoms with Crippen LogP contribution in [0.25, 0.3) is 0 Å². The fourth-order valence-corrected chi connectivity index (χ4v) is 2.28. The van der Waals surface area contributed by atoms with Gasteiger partial charge in [0.05, 0.1) is 0 Å². The average Bonchev–Trinajstić information content (AvgIpc) is 2.76. The molecule has 2 rings (SSSR count). The Hall–Kier alpha value is -1.40. The van der Waals surface area contributed by atoms with E-state index >= 15 is 0 Å². The first-order valence-electron chi connectivity index (χ1n) is 6.10. The number of amides is 1. The fraction of sp³-hybridized carbons (Fsp3) is 0.667. The maximum atomic E-state index is 12.2. The van der Waals surface area contributed by atoms with Crippen molar-refractivity contribution in [1.82, 2.24) is 15.4 Å². The Balaban J connectivity index is 2.05. The Morgan fingerprint density at radius 3 is 2.83 bits per heavy atom. The number of rotatable bonds is 3. The number of hydrogen-bond acceptors (Lipinski definition) is 5. The van der Waals surface area contributed by atoms with E-state index in [2.05, 4.69) is 24.3 Å². The van der Waals surface area contributed by atoms with Crippen LogP contribution in [0.1, 0.15) is 30.1 Å². The molecule has 1 aromatic heterocycles. The van der Waals surface area contributed by atoms with Gasteiger partial charge < -0.3 is 19.5 Å². The van der Waals surface area contributed by atoms with Gasteiger partial charge in [-0.05, 0) is 13.8 Å². The van der Waals surface area contributed by atoms with E-state index in [1.807, 2.05) is 0 Å². The van der Waals surface area contributed by atoms with Crippen LogP contribution < -0.4 is 5.32 Å². The van der Waals surface area contributed by atoms with Gasteiger partial charge in [0.2, 0.25) is 0 Å². The van der Waals surface area contributed by atoms with E-state index in [0.717, 1.165) is 0 Å². The van der Waals surface area contributed by atoms with E-state index in [4.69, 9.17) is 9.26 Å². The van der Waals surface area contributed by atoms with Crippen molar-refractivity contribution in [1.29, 1.82) is 0 Å². The standard InChI is InChI=1S/C12H19N3O3/c1-8-5-15(6-9(2)13-8)12(16)11-4-10(7-17-3)18-14-11/h4,8-9,13H,5-7H2,1-3H3. The number of hydrogen-bond donors (Lipinski definition) is 1. The van der Waals surface area contributed by atoms with Gasteiger partial charge in [-0.1, -0.05) is 5.16 Å². The molecule has 1 amide bonds. The number of carbonyl (C=O) groups is 1. The van der Waals surface area contributed by atoms with Crippen LogP contribution in [0.15, 0.2) is 10.6 Å². The zero-order chi connectivity index (χ0) is 13.1. The molecule has 1 aliphatic rings. The maximum absolute atomic E-state index is 12.2.